The predicted molar refractivity (Wildman–Crippen MR) is 179 cm³/mol. The molecule has 0 aliphatic heterocycles. The Labute approximate surface area is 347 Å². The van der Waals surface area contributed by atoms with Crippen LogP contribution in [0.3, 0.4) is 0 Å². The second-order valence-electron chi connectivity index (χ2n) is 8.14. The van der Waals surface area contributed by atoms with E-state index in [2.05, 4.69) is 22.8 Å². The van der Waals surface area contributed by atoms with Gasteiger partial charge < -0.3 is 0 Å². The standard InChI is InChI=1S/C25H21I4N4O5S2.2Y/c1-29-33(16-28)40(37,38)24-9-5-18-3-7-22(11-20(18)13-24)31-25(34)30-21-6-2-17-4-8-23(12-19(17)10-21)39(35,36)32(14-26)15-27;;/h2-7,10-13H,14-16H2,1H3,(H2,30,31,34);;/q-3;;. The minimum atomic E-state index is -3.69. The van der Waals surface area contributed by atoms with E-state index in [1.165, 1.54) is 6.82 Å². The third-order valence-electron chi connectivity index (χ3n) is 5.71. The fourth-order valence-electron chi connectivity index (χ4n) is 3.68. The average molecular weight is 1210 g/mol. The summed E-state index contributed by atoms with van der Waals surface area (Å²) in [5, 5.41) is 8.41. The number of hydrogen-bond donors (Lipinski definition) is 2. The van der Waals surface area contributed by atoms with Crippen LogP contribution in [0.15, 0.2) is 70.5 Å². The van der Waals surface area contributed by atoms with Gasteiger partial charge in [0.1, 0.15) is 0 Å². The number of urea groups is 1. The van der Waals surface area contributed by atoms with Crippen LogP contribution in [-0.2, 0) is 85.5 Å². The van der Waals surface area contributed by atoms with Gasteiger partial charge >= 0.3 is 172 Å². The number of fused-ring (bicyclic) bond motifs is 2. The molecule has 0 atom stereocenters. The minimum absolute atomic E-state index is 0. The molecule has 220 valence electrons. The number of halogens is 4. The molecule has 0 unspecified atom stereocenters. The van der Waals surface area contributed by atoms with Crippen molar-refractivity contribution in [3.05, 3.63) is 72.8 Å². The van der Waals surface area contributed by atoms with E-state index in [0.29, 0.717) is 35.8 Å². The van der Waals surface area contributed by atoms with E-state index in [4.69, 9.17) is 0 Å². The number of nitrogens with one attached hydrogen (secondary N) is 2. The summed E-state index contributed by atoms with van der Waals surface area (Å²) >= 11 is 5.38. The molecule has 0 saturated heterocycles. The van der Waals surface area contributed by atoms with E-state index >= 15 is 0 Å². The number of benzene rings is 4. The number of rotatable bonds is 10. The molecule has 4 rings (SSSR count). The van der Waals surface area contributed by atoms with Crippen molar-refractivity contribution in [1.29, 1.82) is 0 Å². The van der Waals surface area contributed by atoms with E-state index in [1.807, 2.05) is 72.7 Å². The molecule has 0 spiro atoms. The number of carbonyl (C=O) groups is 1. The quantitative estimate of drug-likeness (QED) is 0.0835. The minimum Gasteiger partial charge on any atom is 0 e. The number of carbonyl (C=O) groups excluding carboxylic acids is 1. The summed E-state index contributed by atoms with van der Waals surface area (Å²) in [6, 6.07) is 22.0. The molecule has 0 fully saturated rings. The van der Waals surface area contributed by atoms with Crippen molar-refractivity contribution in [1.82, 2.24) is 6.82 Å². The van der Waals surface area contributed by atoms with Crippen molar-refractivity contribution in [2.75, 3.05) is 29.2 Å². The molecule has 0 heterocycles. The van der Waals surface area contributed by atoms with Crippen molar-refractivity contribution >= 4 is 127 Å². The Bertz CT molecular complexity index is 1660. The van der Waals surface area contributed by atoms with Gasteiger partial charge in [0.25, 0.3) is 0 Å². The van der Waals surface area contributed by atoms with Crippen LogP contribution >= 0.6 is 67.8 Å². The second-order valence-corrected chi connectivity index (χ2v) is 16.7. The predicted octanol–water partition coefficient (Wildman–Crippen LogP) is 3.03. The van der Waals surface area contributed by atoms with Gasteiger partial charge in [-0.1, -0.05) is 45.2 Å². The smallest absolute Gasteiger partial charge is 0 e. The number of hydrogen-bond acceptors (Lipinski definition) is 5. The van der Waals surface area contributed by atoms with Gasteiger partial charge in [-0.15, -0.1) is 22.9 Å². The van der Waals surface area contributed by atoms with E-state index in [-0.39, 0.29) is 75.2 Å². The molecule has 9 nitrogen and oxygen atoms in total. The number of amides is 2. The normalized spacial score (nSPS) is 11.9. The molecule has 2 N–H and O–H groups in total. The SMILES string of the molecule is C[I-]N(CI)S(=O)(=O)c1[c-]cc2ccc(NC(=O)Nc3ccc4c[c-]c(S(=O)(=O)N(CI)CI)cc4c3)cc2c1.[Y].[Y]. The number of anilines is 2. The first-order valence-corrected chi connectivity index (χ1v) is 21.8. The molecule has 0 saturated carbocycles. The molecule has 17 heteroatoms. The maximum absolute atomic E-state index is 12.9. The first-order chi connectivity index (χ1) is 19.0. The van der Waals surface area contributed by atoms with E-state index in [9.17, 15) is 21.6 Å². The Morgan fingerprint density at radius 1 is 0.738 bits per heavy atom. The molecule has 0 bridgehead atoms. The van der Waals surface area contributed by atoms with Crippen molar-refractivity contribution < 1.29 is 109 Å². The fraction of sp³-hybridized carbons (Fsp3) is 0.160. The second kappa shape index (κ2) is 17.7. The molecular weight excluding hydrogens is 1190 g/mol. The van der Waals surface area contributed by atoms with E-state index < -0.39 is 47.6 Å². The van der Waals surface area contributed by atoms with E-state index in [0.717, 1.165) is 10.8 Å². The molecule has 4 aromatic rings. The van der Waals surface area contributed by atoms with E-state index in [1.54, 1.807) is 60.7 Å². The van der Waals surface area contributed by atoms with Gasteiger partial charge in [-0.3, -0.25) is 0 Å². The number of nitrogens with zero attached hydrogens (tertiary/aromatic N) is 2. The molecule has 42 heavy (non-hydrogen) atoms. The van der Waals surface area contributed by atoms with Crippen LogP contribution in [0.2, 0.25) is 0 Å². The molecule has 2 radical (unpaired) electrons. The third kappa shape index (κ3) is 9.37. The molecule has 0 aromatic heterocycles. The summed E-state index contributed by atoms with van der Waals surface area (Å²) in [7, 11) is -7.32. The monoisotopic (exact) mass is 1210 g/mol. The third-order valence-corrected chi connectivity index (χ3v) is 17.8. The maximum Gasteiger partial charge on any atom is 0 e. The average Bonchev–Trinajstić information content (AvgIpc) is 2.93. The zero-order chi connectivity index (χ0) is 29.1. The van der Waals surface area contributed by atoms with Crippen molar-refractivity contribution in [3.63, 3.8) is 0 Å². The Balaban J connectivity index is 0.00000308. The summed E-state index contributed by atoms with van der Waals surface area (Å²) in [5.41, 5.74) is 0.958. The van der Waals surface area contributed by atoms with Crippen LogP contribution in [0.25, 0.3) is 21.5 Å². The fourth-order valence-corrected chi connectivity index (χ4v) is 14.6. The largest absolute Gasteiger partial charge is 0 e. The molecule has 2 amide bonds. The summed E-state index contributed by atoms with van der Waals surface area (Å²) in [6.45, 7) is 0. The van der Waals surface area contributed by atoms with Gasteiger partial charge in [0.2, 0.25) is 10.0 Å². The Morgan fingerprint density at radius 2 is 1.19 bits per heavy atom. The number of alkyl halides is 4. The van der Waals surface area contributed by atoms with Crippen LogP contribution in [0.5, 0.6) is 0 Å². The zero-order valence-corrected chi connectivity index (χ0v) is 37.8. The van der Waals surface area contributed by atoms with Gasteiger partial charge in [-0.25, -0.2) is 8.42 Å². The Kier molecular flexibility index (Phi) is 16.8. The van der Waals surface area contributed by atoms with Crippen LogP contribution < -0.4 is 32.1 Å². The van der Waals surface area contributed by atoms with Crippen LogP contribution in [0, 0.1) is 12.1 Å². The summed E-state index contributed by atoms with van der Waals surface area (Å²) < 4.78 is 55.5. The van der Waals surface area contributed by atoms with Gasteiger partial charge in [0.15, 0.2) is 0 Å². The maximum atomic E-state index is 12.9. The molecule has 0 aliphatic carbocycles. The summed E-state index contributed by atoms with van der Waals surface area (Å²) in [4.78, 5) is 14.8. The van der Waals surface area contributed by atoms with Crippen molar-refractivity contribution in [2.45, 2.75) is 9.79 Å². The van der Waals surface area contributed by atoms with Crippen LogP contribution in [-0.4, -0.2) is 48.3 Å². The first kappa shape index (κ1) is 39.8. The van der Waals surface area contributed by atoms with Crippen molar-refractivity contribution in [3.8, 4) is 0 Å². The van der Waals surface area contributed by atoms with Gasteiger partial charge in [-0.05, 0) is 4.90 Å². The van der Waals surface area contributed by atoms with Crippen molar-refractivity contribution in [2.24, 2.45) is 0 Å². The van der Waals surface area contributed by atoms with Gasteiger partial charge in [0, 0.05) is 65.4 Å². The Hall–Kier alpha value is 1.62. The summed E-state index contributed by atoms with van der Waals surface area (Å²) in [5.74, 6) is 0. The van der Waals surface area contributed by atoms with Crippen LogP contribution in [0.1, 0.15) is 0 Å². The topological polar surface area (TPSA) is 116 Å². The van der Waals surface area contributed by atoms with Gasteiger partial charge in [-0.2, -0.15) is 16.4 Å². The number of sulfonamides is 2. The molecule has 4 aromatic carbocycles. The zero-order valence-electron chi connectivity index (χ0n) is 21.8. The Morgan fingerprint density at radius 3 is 1.60 bits per heavy atom. The molecule has 0 aliphatic rings. The van der Waals surface area contributed by atoms with Crippen LogP contribution in [0.4, 0.5) is 16.2 Å². The first-order valence-electron chi connectivity index (χ1n) is 11.2. The summed E-state index contributed by atoms with van der Waals surface area (Å²) in [6.07, 6.45) is 0. The molecular formula is C25H21I4N4O5S2Y2-3. The van der Waals surface area contributed by atoms with Gasteiger partial charge in [0.05, 0.1) is 9.10 Å².